The molecule has 3 rings (SSSR count). The molecule has 94 valence electrons. The summed E-state index contributed by atoms with van der Waals surface area (Å²) in [5.41, 5.74) is 2.09. The number of carbonyl (C=O) groups excluding carboxylic acids is 1. The van der Waals surface area contributed by atoms with Crippen LogP contribution in [0.3, 0.4) is 0 Å². The minimum absolute atomic E-state index is 0.169. The SMILES string of the molecule is O=C(Nc1ccncc1)c1ccc2nc(Cl)sc2c1. The van der Waals surface area contributed by atoms with Crippen LogP contribution in [-0.2, 0) is 0 Å². The van der Waals surface area contributed by atoms with Crippen molar-refractivity contribution in [3.8, 4) is 0 Å². The number of hydrogen-bond acceptors (Lipinski definition) is 4. The molecule has 0 radical (unpaired) electrons. The van der Waals surface area contributed by atoms with E-state index in [9.17, 15) is 4.79 Å². The van der Waals surface area contributed by atoms with E-state index in [2.05, 4.69) is 15.3 Å². The first kappa shape index (κ1) is 12.1. The van der Waals surface area contributed by atoms with Gasteiger partial charge in [-0.05, 0) is 30.3 Å². The molecule has 1 N–H and O–H groups in total. The zero-order valence-corrected chi connectivity index (χ0v) is 11.2. The molecule has 0 aliphatic heterocycles. The van der Waals surface area contributed by atoms with Crippen LogP contribution in [0.4, 0.5) is 5.69 Å². The number of nitrogens with zero attached hydrogens (tertiary/aromatic N) is 2. The van der Waals surface area contributed by atoms with Crippen LogP contribution in [0.2, 0.25) is 4.47 Å². The number of nitrogens with one attached hydrogen (secondary N) is 1. The maximum atomic E-state index is 12.1. The fourth-order valence-electron chi connectivity index (χ4n) is 1.68. The highest BCUT2D eigenvalue weighted by Crippen LogP contribution is 2.26. The number of pyridine rings is 1. The van der Waals surface area contributed by atoms with Crippen molar-refractivity contribution >= 4 is 44.7 Å². The van der Waals surface area contributed by atoms with Gasteiger partial charge in [-0.3, -0.25) is 9.78 Å². The molecule has 2 heterocycles. The van der Waals surface area contributed by atoms with Gasteiger partial charge in [-0.15, -0.1) is 11.3 Å². The second-order valence-electron chi connectivity index (χ2n) is 3.84. The van der Waals surface area contributed by atoms with Crippen LogP contribution in [0.1, 0.15) is 10.4 Å². The molecule has 2 aromatic heterocycles. The lowest BCUT2D eigenvalue weighted by molar-refractivity contribution is 0.102. The zero-order chi connectivity index (χ0) is 13.2. The first-order chi connectivity index (χ1) is 9.22. The molecule has 0 saturated heterocycles. The number of anilines is 1. The number of carbonyl (C=O) groups is 1. The summed E-state index contributed by atoms with van der Waals surface area (Å²) in [4.78, 5) is 20.1. The van der Waals surface area contributed by atoms with Gasteiger partial charge in [-0.1, -0.05) is 11.6 Å². The Balaban J connectivity index is 1.89. The van der Waals surface area contributed by atoms with Crippen molar-refractivity contribution in [1.82, 2.24) is 9.97 Å². The monoisotopic (exact) mass is 289 g/mol. The van der Waals surface area contributed by atoms with E-state index in [1.165, 1.54) is 11.3 Å². The zero-order valence-electron chi connectivity index (χ0n) is 9.63. The molecule has 0 spiro atoms. The molecule has 1 aromatic carbocycles. The Kier molecular flexibility index (Phi) is 3.15. The Bertz CT molecular complexity index is 742. The van der Waals surface area contributed by atoms with Crippen LogP contribution in [0.15, 0.2) is 42.7 Å². The molecule has 0 fully saturated rings. The van der Waals surface area contributed by atoms with E-state index in [0.717, 1.165) is 10.2 Å². The molecule has 0 saturated carbocycles. The molecular weight excluding hydrogens is 282 g/mol. The fourth-order valence-corrected chi connectivity index (χ4v) is 2.75. The largest absolute Gasteiger partial charge is 0.322 e. The lowest BCUT2D eigenvalue weighted by Crippen LogP contribution is -2.11. The van der Waals surface area contributed by atoms with Crippen molar-refractivity contribution in [1.29, 1.82) is 0 Å². The van der Waals surface area contributed by atoms with Gasteiger partial charge in [-0.2, -0.15) is 0 Å². The molecule has 0 aliphatic carbocycles. The maximum Gasteiger partial charge on any atom is 0.255 e. The lowest BCUT2D eigenvalue weighted by Gasteiger charge is -2.04. The van der Waals surface area contributed by atoms with Crippen LogP contribution in [-0.4, -0.2) is 15.9 Å². The average molecular weight is 290 g/mol. The predicted octanol–water partition coefficient (Wildman–Crippen LogP) is 3.60. The highest BCUT2D eigenvalue weighted by molar-refractivity contribution is 7.22. The summed E-state index contributed by atoms with van der Waals surface area (Å²) in [7, 11) is 0. The Morgan fingerprint density at radius 3 is 2.79 bits per heavy atom. The average Bonchev–Trinajstić information content (AvgIpc) is 2.78. The summed E-state index contributed by atoms with van der Waals surface area (Å²) in [6.07, 6.45) is 3.25. The highest BCUT2D eigenvalue weighted by Gasteiger charge is 2.09. The van der Waals surface area contributed by atoms with Crippen molar-refractivity contribution in [3.63, 3.8) is 0 Å². The Hall–Kier alpha value is -1.98. The molecule has 0 aliphatic rings. The number of amides is 1. The molecule has 0 unspecified atom stereocenters. The molecule has 19 heavy (non-hydrogen) atoms. The first-order valence-corrected chi connectivity index (χ1v) is 6.69. The first-order valence-electron chi connectivity index (χ1n) is 5.50. The third kappa shape index (κ3) is 2.57. The van der Waals surface area contributed by atoms with Crippen LogP contribution >= 0.6 is 22.9 Å². The summed E-state index contributed by atoms with van der Waals surface area (Å²) in [6.45, 7) is 0. The predicted molar refractivity (Wildman–Crippen MR) is 76.8 cm³/mol. The molecule has 1 amide bonds. The Morgan fingerprint density at radius 2 is 2.00 bits per heavy atom. The van der Waals surface area contributed by atoms with Gasteiger partial charge in [0.05, 0.1) is 10.2 Å². The summed E-state index contributed by atoms with van der Waals surface area (Å²) >= 11 is 7.20. The second-order valence-corrected chi connectivity index (χ2v) is 5.45. The van der Waals surface area contributed by atoms with Gasteiger partial charge in [0, 0.05) is 23.6 Å². The molecular formula is C13H8ClN3OS. The summed E-state index contributed by atoms with van der Waals surface area (Å²) in [6, 6.07) is 8.78. The van der Waals surface area contributed by atoms with E-state index in [1.54, 1.807) is 42.7 Å². The van der Waals surface area contributed by atoms with E-state index < -0.39 is 0 Å². The standard InChI is InChI=1S/C13H8ClN3OS/c14-13-17-10-2-1-8(7-11(10)19-13)12(18)16-9-3-5-15-6-4-9/h1-7H,(H,15,16,18). The van der Waals surface area contributed by atoms with Crippen molar-refractivity contribution in [2.24, 2.45) is 0 Å². The third-order valence-electron chi connectivity index (χ3n) is 2.56. The van der Waals surface area contributed by atoms with Gasteiger partial charge in [0.2, 0.25) is 0 Å². The fraction of sp³-hybridized carbons (Fsp3) is 0. The highest BCUT2D eigenvalue weighted by atomic mass is 35.5. The van der Waals surface area contributed by atoms with Crippen LogP contribution in [0.5, 0.6) is 0 Å². The van der Waals surface area contributed by atoms with Crippen molar-refractivity contribution in [2.45, 2.75) is 0 Å². The maximum absolute atomic E-state index is 12.1. The molecule has 4 nitrogen and oxygen atoms in total. The van der Waals surface area contributed by atoms with Gasteiger partial charge in [0.15, 0.2) is 4.47 Å². The van der Waals surface area contributed by atoms with Crippen LogP contribution in [0, 0.1) is 0 Å². The summed E-state index contributed by atoms with van der Waals surface area (Å²) in [5, 5.41) is 2.80. The number of benzene rings is 1. The molecule has 0 bridgehead atoms. The van der Waals surface area contributed by atoms with Gasteiger partial charge in [0.25, 0.3) is 5.91 Å². The van der Waals surface area contributed by atoms with Crippen molar-refractivity contribution < 1.29 is 4.79 Å². The van der Waals surface area contributed by atoms with Crippen LogP contribution in [0.25, 0.3) is 10.2 Å². The summed E-state index contributed by atoms with van der Waals surface area (Å²) < 4.78 is 1.37. The molecule has 6 heteroatoms. The van der Waals surface area contributed by atoms with E-state index in [-0.39, 0.29) is 5.91 Å². The number of rotatable bonds is 2. The van der Waals surface area contributed by atoms with Gasteiger partial charge < -0.3 is 5.32 Å². The van der Waals surface area contributed by atoms with Crippen molar-refractivity contribution in [3.05, 3.63) is 52.8 Å². The third-order valence-corrected chi connectivity index (χ3v) is 3.69. The topological polar surface area (TPSA) is 54.9 Å². The number of hydrogen-bond donors (Lipinski definition) is 1. The van der Waals surface area contributed by atoms with E-state index >= 15 is 0 Å². The number of halogens is 1. The Labute approximate surface area is 118 Å². The number of fused-ring (bicyclic) bond motifs is 1. The summed E-state index contributed by atoms with van der Waals surface area (Å²) in [5.74, 6) is -0.169. The minimum atomic E-state index is -0.169. The van der Waals surface area contributed by atoms with E-state index in [1.807, 2.05) is 0 Å². The van der Waals surface area contributed by atoms with Gasteiger partial charge >= 0.3 is 0 Å². The Morgan fingerprint density at radius 1 is 1.21 bits per heavy atom. The molecule has 0 atom stereocenters. The minimum Gasteiger partial charge on any atom is -0.322 e. The molecule has 3 aromatic rings. The van der Waals surface area contributed by atoms with Gasteiger partial charge in [-0.25, -0.2) is 4.98 Å². The van der Waals surface area contributed by atoms with Crippen LogP contribution < -0.4 is 5.32 Å². The van der Waals surface area contributed by atoms with Gasteiger partial charge in [0.1, 0.15) is 0 Å². The smallest absolute Gasteiger partial charge is 0.255 e. The lowest BCUT2D eigenvalue weighted by atomic mass is 10.2. The van der Waals surface area contributed by atoms with E-state index in [4.69, 9.17) is 11.6 Å². The number of thiazole rings is 1. The second kappa shape index (κ2) is 4.95. The van der Waals surface area contributed by atoms with E-state index in [0.29, 0.717) is 15.7 Å². The quantitative estimate of drug-likeness (QED) is 0.784. The normalized spacial score (nSPS) is 10.6. The number of aromatic nitrogens is 2. The van der Waals surface area contributed by atoms with Crippen molar-refractivity contribution in [2.75, 3.05) is 5.32 Å².